The van der Waals surface area contributed by atoms with Crippen LogP contribution in [0.15, 0.2) is 29.6 Å². The maximum absolute atomic E-state index is 11.1. The Hall–Kier alpha value is -1.85. The SMILES string of the molecule is Cc1cccc2c1OC[C@@H](NCc1cc(C(N)=O)cs1)C2. The summed E-state index contributed by atoms with van der Waals surface area (Å²) in [6.45, 7) is 3.47. The van der Waals surface area contributed by atoms with Crippen molar-refractivity contribution < 1.29 is 9.53 Å². The molecule has 1 aromatic carbocycles. The fourth-order valence-electron chi connectivity index (χ4n) is 2.57. The summed E-state index contributed by atoms with van der Waals surface area (Å²) in [6.07, 6.45) is 0.963. The Bertz CT molecular complexity index is 666. The first-order valence-corrected chi connectivity index (χ1v) is 7.83. The standard InChI is InChI=1S/C16H18N2O2S/c1-10-3-2-4-11-5-13(8-20-15(10)11)18-7-14-6-12(9-21-14)16(17)19/h2-4,6,9,13,18H,5,7-8H2,1H3,(H2,17,19)/t13-/m0/s1. The smallest absolute Gasteiger partial charge is 0.249 e. The summed E-state index contributed by atoms with van der Waals surface area (Å²) in [6, 6.07) is 8.40. The van der Waals surface area contributed by atoms with Crippen molar-refractivity contribution in [2.45, 2.75) is 25.9 Å². The number of nitrogens with one attached hydrogen (secondary N) is 1. The second-order valence-electron chi connectivity index (χ2n) is 5.32. The van der Waals surface area contributed by atoms with Gasteiger partial charge in [0.15, 0.2) is 0 Å². The highest BCUT2D eigenvalue weighted by Gasteiger charge is 2.20. The molecule has 0 spiro atoms. The molecule has 1 aromatic heterocycles. The van der Waals surface area contributed by atoms with Gasteiger partial charge >= 0.3 is 0 Å². The Balaban J connectivity index is 1.61. The lowest BCUT2D eigenvalue weighted by Gasteiger charge is -2.27. The normalized spacial score (nSPS) is 17.1. The number of primary amides is 1. The minimum absolute atomic E-state index is 0.290. The van der Waals surface area contributed by atoms with Crippen LogP contribution in [0.5, 0.6) is 5.75 Å². The van der Waals surface area contributed by atoms with Gasteiger partial charge in [0.1, 0.15) is 12.4 Å². The van der Waals surface area contributed by atoms with Crippen molar-refractivity contribution in [1.82, 2.24) is 5.32 Å². The van der Waals surface area contributed by atoms with Gasteiger partial charge in [-0.1, -0.05) is 18.2 Å². The Kier molecular flexibility index (Phi) is 3.94. The minimum atomic E-state index is -0.372. The summed E-state index contributed by atoms with van der Waals surface area (Å²) in [5.41, 5.74) is 8.28. The van der Waals surface area contributed by atoms with Crippen LogP contribution in [0.25, 0.3) is 0 Å². The average Bonchev–Trinajstić information content (AvgIpc) is 2.94. The van der Waals surface area contributed by atoms with Gasteiger partial charge in [-0.05, 0) is 30.5 Å². The Morgan fingerprint density at radius 1 is 1.52 bits per heavy atom. The molecular formula is C16H18N2O2S. The molecule has 0 aliphatic carbocycles. The second kappa shape index (κ2) is 5.87. The maximum Gasteiger partial charge on any atom is 0.249 e. The summed E-state index contributed by atoms with van der Waals surface area (Å²) in [7, 11) is 0. The monoisotopic (exact) mass is 302 g/mol. The van der Waals surface area contributed by atoms with Crippen LogP contribution < -0.4 is 15.8 Å². The van der Waals surface area contributed by atoms with Gasteiger partial charge in [0, 0.05) is 22.8 Å². The largest absolute Gasteiger partial charge is 0.491 e. The summed E-state index contributed by atoms with van der Waals surface area (Å²) in [4.78, 5) is 12.2. The third kappa shape index (κ3) is 3.09. The first kappa shape index (κ1) is 14.1. The zero-order chi connectivity index (χ0) is 14.8. The number of nitrogens with two attached hydrogens (primary N) is 1. The minimum Gasteiger partial charge on any atom is -0.491 e. The topological polar surface area (TPSA) is 64.3 Å². The number of thiophene rings is 1. The molecule has 0 unspecified atom stereocenters. The van der Waals surface area contributed by atoms with Crippen LogP contribution in [-0.4, -0.2) is 18.6 Å². The van der Waals surface area contributed by atoms with Crippen molar-refractivity contribution in [3.05, 3.63) is 51.2 Å². The maximum atomic E-state index is 11.1. The molecule has 1 amide bonds. The van der Waals surface area contributed by atoms with E-state index in [2.05, 4.69) is 30.4 Å². The lowest BCUT2D eigenvalue weighted by atomic mass is 10.00. The Morgan fingerprint density at radius 2 is 2.38 bits per heavy atom. The number of rotatable bonds is 4. The third-order valence-corrected chi connectivity index (χ3v) is 4.63. The second-order valence-corrected chi connectivity index (χ2v) is 6.32. The predicted molar refractivity (Wildman–Crippen MR) is 83.8 cm³/mol. The number of carbonyl (C=O) groups is 1. The number of hydrogen-bond acceptors (Lipinski definition) is 4. The molecular weight excluding hydrogens is 284 g/mol. The van der Waals surface area contributed by atoms with Crippen LogP contribution in [0, 0.1) is 6.92 Å². The van der Waals surface area contributed by atoms with Crippen LogP contribution in [0.4, 0.5) is 0 Å². The van der Waals surface area contributed by atoms with Gasteiger partial charge in [-0.25, -0.2) is 0 Å². The third-order valence-electron chi connectivity index (χ3n) is 3.69. The van der Waals surface area contributed by atoms with Gasteiger partial charge in [-0.3, -0.25) is 4.79 Å². The summed E-state index contributed by atoms with van der Waals surface area (Å²) in [5.74, 6) is 0.658. The van der Waals surface area contributed by atoms with Crippen LogP contribution in [-0.2, 0) is 13.0 Å². The van der Waals surface area contributed by atoms with Crippen LogP contribution in [0.3, 0.4) is 0 Å². The van der Waals surface area contributed by atoms with E-state index in [-0.39, 0.29) is 5.91 Å². The molecule has 2 heterocycles. The van der Waals surface area contributed by atoms with E-state index in [1.165, 1.54) is 11.1 Å². The number of para-hydroxylation sites is 1. The molecule has 0 radical (unpaired) electrons. The van der Waals surface area contributed by atoms with E-state index in [4.69, 9.17) is 10.5 Å². The summed E-state index contributed by atoms with van der Waals surface area (Å²) in [5, 5.41) is 5.28. The molecule has 1 atom stereocenters. The molecule has 2 aromatic rings. The number of amides is 1. The molecule has 3 N–H and O–H groups in total. The predicted octanol–water partition coefficient (Wildman–Crippen LogP) is 2.25. The molecule has 0 bridgehead atoms. The molecule has 110 valence electrons. The molecule has 1 aliphatic rings. The zero-order valence-corrected chi connectivity index (χ0v) is 12.7. The molecule has 5 heteroatoms. The van der Waals surface area contributed by atoms with Crippen molar-refractivity contribution in [1.29, 1.82) is 0 Å². The van der Waals surface area contributed by atoms with Gasteiger partial charge in [0.25, 0.3) is 0 Å². The van der Waals surface area contributed by atoms with Crippen molar-refractivity contribution in [3.63, 3.8) is 0 Å². The number of ether oxygens (including phenoxy) is 1. The quantitative estimate of drug-likeness (QED) is 0.910. The molecule has 4 nitrogen and oxygen atoms in total. The van der Waals surface area contributed by atoms with Crippen molar-refractivity contribution in [2.75, 3.05) is 6.61 Å². The van der Waals surface area contributed by atoms with E-state index in [1.54, 1.807) is 16.7 Å². The van der Waals surface area contributed by atoms with Crippen LogP contribution >= 0.6 is 11.3 Å². The fourth-order valence-corrected chi connectivity index (χ4v) is 3.39. The van der Waals surface area contributed by atoms with Gasteiger partial charge in [-0.15, -0.1) is 11.3 Å². The van der Waals surface area contributed by atoms with Gasteiger partial charge in [0.05, 0.1) is 5.56 Å². The van der Waals surface area contributed by atoms with Crippen molar-refractivity contribution >= 4 is 17.2 Å². The highest BCUT2D eigenvalue weighted by atomic mass is 32.1. The number of carbonyl (C=O) groups excluding carboxylic acids is 1. The van der Waals surface area contributed by atoms with E-state index in [0.29, 0.717) is 18.2 Å². The van der Waals surface area contributed by atoms with Crippen LogP contribution in [0.2, 0.25) is 0 Å². The highest BCUT2D eigenvalue weighted by Crippen LogP contribution is 2.28. The molecule has 21 heavy (non-hydrogen) atoms. The molecule has 3 rings (SSSR count). The van der Waals surface area contributed by atoms with E-state index in [0.717, 1.165) is 23.6 Å². The average molecular weight is 302 g/mol. The van der Waals surface area contributed by atoms with E-state index >= 15 is 0 Å². The van der Waals surface area contributed by atoms with Crippen molar-refractivity contribution in [2.24, 2.45) is 5.73 Å². The zero-order valence-electron chi connectivity index (χ0n) is 11.9. The highest BCUT2D eigenvalue weighted by molar-refractivity contribution is 7.10. The lowest BCUT2D eigenvalue weighted by Crippen LogP contribution is -2.38. The molecule has 0 saturated heterocycles. The van der Waals surface area contributed by atoms with Gasteiger partial charge < -0.3 is 15.8 Å². The number of fused-ring (bicyclic) bond motifs is 1. The summed E-state index contributed by atoms with van der Waals surface area (Å²) < 4.78 is 5.87. The fraction of sp³-hybridized carbons (Fsp3) is 0.312. The first-order chi connectivity index (χ1) is 10.1. The number of aryl methyl sites for hydroxylation is 1. The first-order valence-electron chi connectivity index (χ1n) is 6.95. The van der Waals surface area contributed by atoms with Gasteiger partial charge in [0.2, 0.25) is 5.91 Å². The molecule has 1 aliphatic heterocycles. The van der Waals surface area contributed by atoms with E-state index < -0.39 is 0 Å². The van der Waals surface area contributed by atoms with Crippen LogP contribution in [0.1, 0.15) is 26.4 Å². The van der Waals surface area contributed by atoms with Gasteiger partial charge in [-0.2, -0.15) is 0 Å². The summed E-state index contributed by atoms with van der Waals surface area (Å²) >= 11 is 1.55. The Morgan fingerprint density at radius 3 is 3.14 bits per heavy atom. The van der Waals surface area contributed by atoms with E-state index in [1.807, 2.05) is 6.07 Å². The Labute approximate surface area is 127 Å². The van der Waals surface area contributed by atoms with E-state index in [9.17, 15) is 4.79 Å². The number of hydrogen-bond donors (Lipinski definition) is 2. The molecule has 0 saturated carbocycles. The number of benzene rings is 1. The van der Waals surface area contributed by atoms with Crippen molar-refractivity contribution in [3.8, 4) is 5.75 Å². The lowest BCUT2D eigenvalue weighted by molar-refractivity contribution is 0.100. The molecule has 0 fully saturated rings.